The highest BCUT2D eigenvalue weighted by Crippen LogP contribution is 2.39. The first-order valence-electron chi connectivity index (χ1n) is 16.0. The van der Waals surface area contributed by atoms with Gasteiger partial charge in [-0.2, -0.15) is 9.97 Å². The first kappa shape index (κ1) is 33.0. The number of methoxy groups -OCH3 is 3. The number of imidazole rings is 1. The quantitative estimate of drug-likeness (QED) is 0.164. The Hall–Kier alpha value is -4.91. The lowest BCUT2D eigenvalue weighted by Gasteiger charge is -2.23. The maximum atomic E-state index is 6.54. The number of hydrogen-bond donors (Lipinski definition) is 2. The Bertz CT molecular complexity index is 1780. The summed E-state index contributed by atoms with van der Waals surface area (Å²) in [5, 5.41) is 3.42. The van der Waals surface area contributed by atoms with E-state index in [-0.39, 0.29) is 18.1 Å². The van der Waals surface area contributed by atoms with Crippen molar-refractivity contribution in [2.45, 2.75) is 45.1 Å². The van der Waals surface area contributed by atoms with Crippen LogP contribution in [0.1, 0.15) is 29.8 Å². The third-order valence-corrected chi connectivity index (χ3v) is 8.71. The van der Waals surface area contributed by atoms with Gasteiger partial charge in [0.1, 0.15) is 23.5 Å². The molecule has 4 atom stereocenters. The van der Waals surface area contributed by atoms with Crippen LogP contribution < -0.4 is 30.2 Å². The fourth-order valence-electron chi connectivity index (χ4n) is 6.04. The third-order valence-electron chi connectivity index (χ3n) is 8.71. The highest BCUT2D eigenvalue weighted by atomic mass is 16.6. The van der Waals surface area contributed by atoms with Crippen LogP contribution in [0.25, 0.3) is 11.2 Å². The van der Waals surface area contributed by atoms with E-state index in [1.54, 1.807) is 27.7 Å². The van der Waals surface area contributed by atoms with Crippen molar-refractivity contribution in [1.29, 1.82) is 0 Å². The van der Waals surface area contributed by atoms with Crippen LogP contribution >= 0.6 is 0 Å². The minimum absolute atomic E-state index is 0.137. The van der Waals surface area contributed by atoms with E-state index in [4.69, 9.17) is 44.4 Å². The molecule has 6 rings (SSSR count). The smallest absolute Gasteiger partial charge is 0.227 e. The third kappa shape index (κ3) is 7.15. The number of ether oxygens (including phenoxy) is 5. The van der Waals surface area contributed by atoms with Gasteiger partial charge in [-0.15, -0.1) is 0 Å². The van der Waals surface area contributed by atoms with E-state index in [0.29, 0.717) is 49.2 Å². The Balaban J connectivity index is 1.29. The Morgan fingerprint density at radius 2 is 1.42 bits per heavy atom. The summed E-state index contributed by atoms with van der Waals surface area (Å²) < 4.78 is 30.9. The molecule has 0 radical (unpaired) electrons. The van der Waals surface area contributed by atoms with Crippen LogP contribution in [-0.4, -0.2) is 66.6 Å². The number of nitrogens with two attached hydrogens (primary N) is 1. The Kier molecular flexibility index (Phi) is 10.2. The highest BCUT2D eigenvalue weighted by molar-refractivity contribution is 5.85. The molecule has 48 heavy (non-hydrogen) atoms. The summed E-state index contributed by atoms with van der Waals surface area (Å²) in [6, 6.07) is 23.7. The number of nitrogens with zero attached hydrogens (tertiary/aromatic N) is 5. The molecule has 252 valence electrons. The number of rotatable bonds is 14. The molecule has 1 aliphatic rings. The van der Waals surface area contributed by atoms with Gasteiger partial charge in [0.2, 0.25) is 5.95 Å². The summed E-state index contributed by atoms with van der Waals surface area (Å²) in [4.78, 5) is 16.8. The Labute approximate surface area is 280 Å². The maximum Gasteiger partial charge on any atom is 0.227 e. The zero-order valence-electron chi connectivity index (χ0n) is 28.0. The monoisotopic (exact) mass is 653 g/mol. The molecule has 0 saturated carbocycles. The molecular weight excluding hydrogens is 610 g/mol. The van der Waals surface area contributed by atoms with Crippen molar-refractivity contribution in [1.82, 2.24) is 19.5 Å². The summed E-state index contributed by atoms with van der Waals surface area (Å²) >= 11 is 0. The number of nitrogens with one attached hydrogen (secondary N) is 1. The van der Waals surface area contributed by atoms with Crippen molar-refractivity contribution < 1.29 is 23.7 Å². The summed E-state index contributed by atoms with van der Waals surface area (Å²) in [6.45, 7) is 3.93. The van der Waals surface area contributed by atoms with Crippen molar-refractivity contribution in [3.8, 4) is 17.2 Å². The molecule has 0 unspecified atom stereocenters. The zero-order chi connectivity index (χ0) is 33.6. The van der Waals surface area contributed by atoms with Gasteiger partial charge in [0.05, 0.1) is 46.5 Å². The number of anilines is 2. The molecule has 0 bridgehead atoms. The molecule has 5 aromatic rings. The van der Waals surface area contributed by atoms with Gasteiger partial charge in [0, 0.05) is 32.6 Å². The van der Waals surface area contributed by atoms with Gasteiger partial charge in [-0.05, 0) is 60.0 Å². The van der Waals surface area contributed by atoms with Crippen LogP contribution in [0, 0.1) is 5.92 Å². The van der Waals surface area contributed by atoms with E-state index in [9.17, 15) is 0 Å². The van der Waals surface area contributed by atoms with E-state index in [1.807, 2.05) is 91.3 Å². The molecule has 3 N–H and O–H groups in total. The van der Waals surface area contributed by atoms with Crippen molar-refractivity contribution in [2.75, 3.05) is 45.1 Å². The van der Waals surface area contributed by atoms with Crippen LogP contribution in [0.15, 0.2) is 79.1 Å². The predicted molar refractivity (Wildman–Crippen MR) is 184 cm³/mol. The summed E-state index contributed by atoms with van der Waals surface area (Å²) in [6.07, 6.45) is 0.903. The molecular formula is C36H43N7O5. The van der Waals surface area contributed by atoms with Gasteiger partial charge in [0.25, 0.3) is 0 Å². The zero-order valence-corrected chi connectivity index (χ0v) is 28.0. The molecule has 12 heteroatoms. The SMILES string of the molecule is COc1ccc(CNc2nc(N(C)Cc3ccc(OC)cc3)c3ncn([C@@H]4O[C@H](C)[C@@H](OCc5ccc(OC)cc5)[C@@H]4CN)c3n2)cc1. The van der Waals surface area contributed by atoms with E-state index in [1.165, 1.54) is 0 Å². The van der Waals surface area contributed by atoms with Gasteiger partial charge in [-0.25, -0.2) is 4.98 Å². The molecule has 1 fully saturated rings. The summed E-state index contributed by atoms with van der Waals surface area (Å²) in [7, 11) is 6.97. The second-order valence-corrected chi connectivity index (χ2v) is 11.9. The molecule has 0 amide bonds. The number of hydrogen-bond acceptors (Lipinski definition) is 11. The minimum Gasteiger partial charge on any atom is -0.497 e. The van der Waals surface area contributed by atoms with Gasteiger partial charge in [-0.3, -0.25) is 4.57 Å². The molecule has 12 nitrogen and oxygen atoms in total. The van der Waals surface area contributed by atoms with Gasteiger partial charge in [-0.1, -0.05) is 36.4 Å². The second kappa shape index (κ2) is 14.9. The van der Waals surface area contributed by atoms with Crippen molar-refractivity contribution in [3.63, 3.8) is 0 Å². The lowest BCUT2D eigenvalue weighted by molar-refractivity contribution is -0.0324. The average Bonchev–Trinajstić information content (AvgIpc) is 3.69. The number of fused-ring (bicyclic) bond motifs is 1. The lowest BCUT2D eigenvalue weighted by Crippen LogP contribution is -2.34. The largest absolute Gasteiger partial charge is 0.497 e. The van der Waals surface area contributed by atoms with Crippen molar-refractivity contribution in [3.05, 3.63) is 95.8 Å². The van der Waals surface area contributed by atoms with Crippen LogP contribution in [0.5, 0.6) is 17.2 Å². The van der Waals surface area contributed by atoms with E-state index in [2.05, 4.69) is 10.2 Å². The first-order valence-corrected chi connectivity index (χ1v) is 16.0. The number of benzene rings is 3. The van der Waals surface area contributed by atoms with E-state index >= 15 is 0 Å². The molecule has 3 heterocycles. The van der Waals surface area contributed by atoms with Crippen LogP contribution in [0.4, 0.5) is 11.8 Å². The summed E-state index contributed by atoms with van der Waals surface area (Å²) in [5.41, 5.74) is 10.9. The Morgan fingerprint density at radius 3 is 2.00 bits per heavy atom. The normalized spacial score (nSPS) is 19.0. The van der Waals surface area contributed by atoms with E-state index in [0.717, 1.165) is 33.9 Å². The van der Waals surface area contributed by atoms with Crippen molar-refractivity contribution in [2.24, 2.45) is 11.7 Å². The standard InChI is InChI=1S/C36H43N7O5/c1-23-32(47-21-26-10-16-29(46-5)17-11-26)30(18-37)35(48-23)43-22-39-31-33(42(2)20-25-8-14-28(45-4)15-9-25)40-36(41-34(31)43)38-19-24-6-12-27(44-3)13-7-24/h6-17,22-23,30,32,35H,18-21,37H2,1-5H3,(H,38,40,41)/t23-,30+,32-,35-/m1/s1. The minimum atomic E-state index is -0.431. The number of aromatic nitrogens is 4. The van der Waals surface area contributed by atoms with Crippen LogP contribution in [0.3, 0.4) is 0 Å². The molecule has 3 aromatic carbocycles. The maximum absolute atomic E-state index is 6.54. The van der Waals surface area contributed by atoms with Crippen molar-refractivity contribution >= 4 is 22.9 Å². The predicted octanol–water partition coefficient (Wildman–Crippen LogP) is 5.18. The van der Waals surface area contributed by atoms with Crippen LogP contribution in [0.2, 0.25) is 0 Å². The molecule has 0 spiro atoms. The first-order chi connectivity index (χ1) is 23.4. The van der Waals surface area contributed by atoms with Gasteiger partial charge >= 0.3 is 0 Å². The molecule has 1 aliphatic heterocycles. The lowest BCUT2D eigenvalue weighted by atomic mass is 10.00. The molecule has 2 aromatic heterocycles. The molecule has 1 saturated heterocycles. The Morgan fingerprint density at radius 1 is 0.833 bits per heavy atom. The topological polar surface area (TPSA) is 131 Å². The van der Waals surface area contributed by atoms with Crippen LogP contribution in [-0.2, 0) is 29.2 Å². The van der Waals surface area contributed by atoms with E-state index < -0.39 is 6.23 Å². The molecule has 0 aliphatic carbocycles. The van der Waals surface area contributed by atoms with Gasteiger partial charge < -0.3 is 39.6 Å². The fraction of sp³-hybridized carbons (Fsp3) is 0.361. The summed E-state index contributed by atoms with van der Waals surface area (Å²) in [5.74, 6) is 3.43. The second-order valence-electron chi connectivity index (χ2n) is 11.9. The highest BCUT2D eigenvalue weighted by Gasteiger charge is 2.44. The van der Waals surface area contributed by atoms with Gasteiger partial charge in [0.15, 0.2) is 17.0 Å². The fourth-order valence-corrected chi connectivity index (χ4v) is 6.04. The average molecular weight is 654 g/mol.